The van der Waals surface area contributed by atoms with Crippen LogP contribution < -0.4 is 5.32 Å². The Labute approximate surface area is 100 Å². The molecule has 0 spiro atoms. The number of carbonyl (C=O) groups excluding carboxylic acids is 1. The lowest BCUT2D eigenvalue weighted by molar-refractivity contribution is 0.0615. The predicted molar refractivity (Wildman–Crippen MR) is 62.5 cm³/mol. The zero-order valence-electron chi connectivity index (χ0n) is 9.67. The molecule has 3 fully saturated rings. The number of hydrogen-bond acceptors (Lipinski definition) is 4. The molecule has 4 rings (SSSR count). The average Bonchev–Trinajstić information content (AvgIpc) is 2.41. The second-order valence-corrected chi connectivity index (χ2v) is 4.79. The molecule has 1 aromatic rings. The second kappa shape index (κ2) is 4.41. The molecule has 17 heavy (non-hydrogen) atoms. The van der Waals surface area contributed by atoms with Gasteiger partial charge in [0.2, 0.25) is 5.82 Å². The Bertz CT molecular complexity index is 400. The Morgan fingerprint density at radius 3 is 2.59 bits per heavy atom. The summed E-state index contributed by atoms with van der Waals surface area (Å²) in [6.07, 6.45) is 5.58. The van der Waals surface area contributed by atoms with Gasteiger partial charge in [-0.3, -0.25) is 4.79 Å². The summed E-state index contributed by atoms with van der Waals surface area (Å²) < 4.78 is 0. The summed E-state index contributed by atoms with van der Waals surface area (Å²) in [7, 11) is 0. The molecular formula is C12H16N4O. The van der Waals surface area contributed by atoms with Crippen LogP contribution in [0.3, 0.4) is 0 Å². The van der Waals surface area contributed by atoms with Gasteiger partial charge in [-0.2, -0.15) is 0 Å². The highest BCUT2D eigenvalue weighted by molar-refractivity contribution is 5.90. The molecule has 0 aliphatic carbocycles. The normalized spacial score (nSPS) is 31.2. The molecular weight excluding hydrogens is 216 g/mol. The van der Waals surface area contributed by atoms with Crippen LogP contribution in [0.4, 0.5) is 0 Å². The molecule has 1 atom stereocenters. The van der Waals surface area contributed by atoms with Gasteiger partial charge in [0.25, 0.3) is 5.91 Å². The van der Waals surface area contributed by atoms with Crippen molar-refractivity contribution in [2.75, 3.05) is 19.6 Å². The number of hydrogen-bond donors (Lipinski definition) is 1. The van der Waals surface area contributed by atoms with Gasteiger partial charge in [-0.15, -0.1) is 0 Å². The van der Waals surface area contributed by atoms with Crippen LogP contribution in [0.1, 0.15) is 23.5 Å². The molecule has 90 valence electrons. The minimum atomic E-state index is -0.149. The van der Waals surface area contributed by atoms with E-state index in [0.29, 0.717) is 5.92 Å². The first kappa shape index (κ1) is 10.7. The number of piperidine rings is 3. The van der Waals surface area contributed by atoms with Crippen molar-refractivity contribution in [2.45, 2.75) is 18.9 Å². The third-order valence-corrected chi connectivity index (χ3v) is 3.74. The van der Waals surface area contributed by atoms with Gasteiger partial charge in [0.15, 0.2) is 0 Å². The lowest BCUT2D eigenvalue weighted by Gasteiger charge is -2.44. The Balaban J connectivity index is 1.66. The zero-order chi connectivity index (χ0) is 11.7. The van der Waals surface area contributed by atoms with Crippen molar-refractivity contribution >= 4 is 5.91 Å². The standard InChI is InChI=1S/C12H16N4O/c17-12(11-13-4-1-5-14-11)15-10-8-16-6-2-9(10)3-7-16/h1,4-5,9-10H,2-3,6-8H2,(H,15,17)/t10-/m0/s1. The van der Waals surface area contributed by atoms with E-state index in [1.807, 2.05) is 0 Å². The molecule has 0 saturated carbocycles. The second-order valence-electron chi connectivity index (χ2n) is 4.79. The van der Waals surface area contributed by atoms with Gasteiger partial charge in [0.1, 0.15) is 0 Å². The smallest absolute Gasteiger partial charge is 0.289 e. The molecule has 1 N–H and O–H groups in total. The third kappa shape index (κ3) is 2.15. The van der Waals surface area contributed by atoms with Gasteiger partial charge >= 0.3 is 0 Å². The number of aromatic nitrogens is 2. The SMILES string of the molecule is O=C(N[C@H]1CN2CCC1CC2)c1ncccn1. The summed E-state index contributed by atoms with van der Waals surface area (Å²) in [5.74, 6) is 0.751. The Morgan fingerprint density at radius 1 is 1.29 bits per heavy atom. The first-order valence-electron chi connectivity index (χ1n) is 6.13. The van der Waals surface area contributed by atoms with E-state index in [4.69, 9.17) is 0 Å². The molecule has 5 nitrogen and oxygen atoms in total. The van der Waals surface area contributed by atoms with Gasteiger partial charge in [-0.05, 0) is 37.9 Å². The lowest BCUT2D eigenvalue weighted by atomic mass is 9.84. The maximum atomic E-state index is 11.9. The Morgan fingerprint density at radius 2 is 2.00 bits per heavy atom. The molecule has 3 saturated heterocycles. The van der Waals surface area contributed by atoms with E-state index in [-0.39, 0.29) is 17.8 Å². The van der Waals surface area contributed by atoms with Crippen LogP contribution in [-0.4, -0.2) is 46.5 Å². The lowest BCUT2D eigenvalue weighted by Crippen LogP contribution is -2.57. The van der Waals surface area contributed by atoms with E-state index >= 15 is 0 Å². The van der Waals surface area contributed by atoms with Crippen molar-refractivity contribution in [2.24, 2.45) is 5.92 Å². The van der Waals surface area contributed by atoms with E-state index in [0.717, 1.165) is 6.54 Å². The van der Waals surface area contributed by atoms with Crippen molar-refractivity contribution in [1.29, 1.82) is 0 Å². The van der Waals surface area contributed by atoms with E-state index in [9.17, 15) is 4.79 Å². The highest BCUT2D eigenvalue weighted by atomic mass is 16.2. The fourth-order valence-corrected chi connectivity index (χ4v) is 2.78. The fourth-order valence-electron chi connectivity index (χ4n) is 2.78. The molecule has 3 aliphatic heterocycles. The Hall–Kier alpha value is -1.49. The summed E-state index contributed by atoms with van der Waals surface area (Å²) in [6.45, 7) is 3.33. The molecule has 0 aromatic carbocycles. The van der Waals surface area contributed by atoms with Gasteiger partial charge < -0.3 is 10.2 Å². The average molecular weight is 232 g/mol. The number of rotatable bonds is 2. The zero-order valence-corrected chi connectivity index (χ0v) is 9.67. The molecule has 1 amide bonds. The summed E-state index contributed by atoms with van der Waals surface area (Å²) in [5.41, 5.74) is 0. The molecule has 3 aliphatic rings. The summed E-state index contributed by atoms with van der Waals surface area (Å²) in [5, 5.41) is 3.06. The fraction of sp³-hybridized carbons (Fsp3) is 0.583. The van der Waals surface area contributed by atoms with Crippen molar-refractivity contribution in [3.05, 3.63) is 24.3 Å². The van der Waals surface area contributed by atoms with E-state index < -0.39 is 0 Å². The quantitative estimate of drug-likeness (QED) is 0.797. The van der Waals surface area contributed by atoms with E-state index in [2.05, 4.69) is 20.2 Å². The van der Waals surface area contributed by atoms with Crippen molar-refractivity contribution in [3.8, 4) is 0 Å². The number of nitrogens with one attached hydrogen (secondary N) is 1. The summed E-state index contributed by atoms with van der Waals surface area (Å²) in [4.78, 5) is 22.3. The number of nitrogens with zero attached hydrogens (tertiary/aromatic N) is 3. The Kier molecular flexibility index (Phi) is 2.76. The first-order valence-corrected chi connectivity index (χ1v) is 6.13. The van der Waals surface area contributed by atoms with Crippen molar-refractivity contribution in [3.63, 3.8) is 0 Å². The van der Waals surface area contributed by atoms with Crippen LogP contribution >= 0.6 is 0 Å². The summed E-state index contributed by atoms with van der Waals surface area (Å²) in [6, 6.07) is 1.99. The maximum absolute atomic E-state index is 11.9. The third-order valence-electron chi connectivity index (χ3n) is 3.74. The van der Waals surface area contributed by atoms with Crippen LogP contribution in [0.2, 0.25) is 0 Å². The molecule has 5 heteroatoms. The minimum Gasteiger partial charge on any atom is -0.345 e. The van der Waals surface area contributed by atoms with Crippen LogP contribution in [0.25, 0.3) is 0 Å². The van der Waals surface area contributed by atoms with Gasteiger partial charge in [-0.1, -0.05) is 0 Å². The summed E-state index contributed by atoms with van der Waals surface area (Å²) >= 11 is 0. The molecule has 4 heterocycles. The molecule has 2 bridgehead atoms. The van der Waals surface area contributed by atoms with Gasteiger partial charge in [-0.25, -0.2) is 9.97 Å². The van der Waals surface area contributed by atoms with Gasteiger partial charge in [0, 0.05) is 25.0 Å². The van der Waals surface area contributed by atoms with Crippen molar-refractivity contribution < 1.29 is 4.79 Å². The number of fused-ring (bicyclic) bond motifs is 3. The van der Waals surface area contributed by atoms with E-state index in [1.54, 1.807) is 18.5 Å². The largest absolute Gasteiger partial charge is 0.345 e. The topological polar surface area (TPSA) is 58.1 Å². The monoisotopic (exact) mass is 232 g/mol. The van der Waals surface area contributed by atoms with Gasteiger partial charge in [0.05, 0.1) is 0 Å². The number of amides is 1. The highest BCUT2D eigenvalue weighted by Crippen LogP contribution is 2.27. The predicted octanol–water partition coefficient (Wildman–Crippen LogP) is 0.301. The first-order chi connectivity index (χ1) is 8.33. The van der Waals surface area contributed by atoms with E-state index in [1.165, 1.54) is 25.9 Å². The number of carbonyl (C=O) groups is 1. The minimum absolute atomic E-state index is 0.149. The van der Waals surface area contributed by atoms with Crippen LogP contribution in [0.5, 0.6) is 0 Å². The van der Waals surface area contributed by atoms with Crippen LogP contribution in [-0.2, 0) is 0 Å². The molecule has 1 aromatic heterocycles. The highest BCUT2D eigenvalue weighted by Gasteiger charge is 2.35. The van der Waals surface area contributed by atoms with Crippen molar-refractivity contribution in [1.82, 2.24) is 20.2 Å². The van der Waals surface area contributed by atoms with Crippen LogP contribution in [0.15, 0.2) is 18.5 Å². The molecule has 0 unspecified atom stereocenters. The van der Waals surface area contributed by atoms with Crippen LogP contribution in [0, 0.1) is 5.92 Å². The molecule has 0 radical (unpaired) electrons. The maximum Gasteiger partial charge on any atom is 0.289 e.